The second-order valence-corrected chi connectivity index (χ2v) is 10.0. The normalized spacial score (nSPS) is 17.1. The maximum Gasteiger partial charge on any atom is 0.246 e. The molecule has 198 valence electrons. The van der Waals surface area contributed by atoms with E-state index in [1.54, 1.807) is 19.3 Å². The van der Waals surface area contributed by atoms with Gasteiger partial charge in [0.05, 0.1) is 7.11 Å². The van der Waals surface area contributed by atoms with E-state index in [2.05, 4.69) is 53.4 Å². The zero-order valence-corrected chi connectivity index (χ0v) is 22.0. The number of methoxy groups -OCH3 is 1. The average molecular weight is 513 g/mol. The second kappa shape index (κ2) is 12.3. The summed E-state index contributed by atoms with van der Waals surface area (Å²) in [5.41, 5.74) is 3.38. The Bertz CT molecular complexity index is 1330. The third-order valence-electron chi connectivity index (χ3n) is 7.35. The lowest BCUT2D eigenvalue weighted by Gasteiger charge is -2.28. The van der Waals surface area contributed by atoms with Crippen LogP contribution in [0, 0.1) is 0 Å². The number of hydrogen-bond donors (Lipinski definition) is 1. The SMILES string of the molecule is COc1cccc(C=CC(=O)N2CCCC2)c1OCC(O)CN1CC=C(c2ccc3ccccc3c2)CC1. The van der Waals surface area contributed by atoms with Crippen molar-refractivity contribution in [2.75, 3.05) is 46.4 Å². The lowest BCUT2D eigenvalue weighted by molar-refractivity contribution is -0.124. The third kappa shape index (κ3) is 6.26. The van der Waals surface area contributed by atoms with Gasteiger partial charge >= 0.3 is 0 Å². The molecule has 5 rings (SSSR count). The summed E-state index contributed by atoms with van der Waals surface area (Å²) in [5.74, 6) is 1.13. The van der Waals surface area contributed by atoms with Gasteiger partial charge in [0.1, 0.15) is 12.7 Å². The summed E-state index contributed by atoms with van der Waals surface area (Å²) in [6.07, 6.45) is 8.04. The number of benzene rings is 3. The molecule has 2 aliphatic heterocycles. The number of aliphatic hydroxyl groups is 1. The molecule has 2 heterocycles. The van der Waals surface area contributed by atoms with Crippen LogP contribution >= 0.6 is 0 Å². The van der Waals surface area contributed by atoms with Crippen LogP contribution in [-0.2, 0) is 4.79 Å². The van der Waals surface area contributed by atoms with Crippen LogP contribution in [0.15, 0.2) is 72.8 Å². The molecule has 2 aliphatic rings. The highest BCUT2D eigenvalue weighted by molar-refractivity contribution is 5.92. The molecule has 0 saturated carbocycles. The number of hydrogen-bond acceptors (Lipinski definition) is 5. The van der Waals surface area contributed by atoms with Gasteiger partial charge in [-0.25, -0.2) is 0 Å². The third-order valence-corrected chi connectivity index (χ3v) is 7.35. The molecule has 1 amide bonds. The van der Waals surface area contributed by atoms with E-state index in [1.165, 1.54) is 21.9 Å². The van der Waals surface area contributed by atoms with E-state index in [9.17, 15) is 9.90 Å². The molecule has 6 heteroatoms. The van der Waals surface area contributed by atoms with E-state index in [0.717, 1.165) is 51.0 Å². The number of likely N-dealkylation sites (tertiary alicyclic amines) is 1. The summed E-state index contributed by atoms with van der Waals surface area (Å²) < 4.78 is 11.6. The van der Waals surface area contributed by atoms with Gasteiger partial charge < -0.3 is 19.5 Å². The van der Waals surface area contributed by atoms with Crippen molar-refractivity contribution in [2.45, 2.75) is 25.4 Å². The van der Waals surface area contributed by atoms with Crippen molar-refractivity contribution >= 4 is 28.3 Å². The maximum atomic E-state index is 12.5. The van der Waals surface area contributed by atoms with Crippen LogP contribution in [0.1, 0.15) is 30.4 Å². The molecule has 38 heavy (non-hydrogen) atoms. The smallest absolute Gasteiger partial charge is 0.246 e. The number of rotatable bonds is 9. The number of β-amino-alcohol motifs (C(OH)–C–C–N with tert-alkyl or cyclic N) is 1. The van der Waals surface area contributed by atoms with Crippen LogP contribution in [0.4, 0.5) is 0 Å². The Balaban J connectivity index is 1.17. The molecule has 0 radical (unpaired) electrons. The molecule has 1 fully saturated rings. The van der Waals surface area contributed by atoms with Crippen LogP contribution in [0.25, 0.3) is 22.4 Å². The Kier molecular flexibility index (Phi) is 8.41. The number of amides is 1. The molecular weight excluding hydrogens is 476 g/mol. The summed E-state index contributed by atoms with van der Waals surface area (Å²) in [4.78, 5) is 16.6. The number of para-hydroxylation sites is 1. The van der Waals surface area contributed by atoms with Gasteiger partial charge in [0.25, 0.3) is 0 Å². The van der Waals surface area contributed by atoms with Crippen molar-refractivity contribution in [3.63, 3.8) is 0 Å². The van der Waals surface area contributed by atoms with Gasteiger partial charge in [-0.05, 0) is 59.4 Å². The summed E-state index contributed by atoms with van der Waals surface area (Å²) in [6.45, 7) is 3.96. The fraction of sp³-hybridized carbons (Fsp3) is 0.344. The quantitative estimate of drug-likeness (QED) is 0.408. The molecule has 1 N–H and O–H groups in total. The number of aliphatic hydroxyl groups excluding tert-OH is 1. The molecular formula is C32H36N2O4. The first kappa shape index (κ1) is 26.0. The van der Waals surface area contributed by atoms with Gasteiger partial charge in [-0.2, -0.15) is 0 Å². The topological polar surface area (TPSA) is 62.2 Å². The lowest BCUT2D eigenvalue weighted by Crippen LogP contribution is -2.38. The molecule has 0 bridgehead atoms. The maximum absolute atomic E-state index is 12.5. The number of ether oxygens (including phenoxy) is 2. The minimum atomic E-state index is -0.654. The Morgan fingerprint density at radius 1 is 1.03 bits per heavy atom. The first-order chi connectivity index (χ1) is 18.6. The molecule has 3 aromatic rings. The minimum Gasteiger partial charge on any atom is -0.493 e. The second-order valence-electron chi connectivity index (χ2n) is 10.0. The fourth-order valence-electron chi connectivity index (χ4n) is 5.24. The van der Waals surface area contributed by atoms with Crippen molar-refractivity contribution in [1.82, 2.24) is 9.80 Å². The highest BCUT2D eigenvalue weighted by Gasteiger charge is 2.19. The molecule has 3 aromatic carbocycles. The predicted molar refractivity (Wildman–Crippen MR) is 152 cm³/mol. The number of carbonyl (C=O) groups excluding carboxylic acids is 1. The Hall–Kier alpha value is -3.61. The van der Waals surface area contributed by atoms with Crippen molar-refractivity contribution in [2.24, 2.45) is 0 Å². The van der Waals surface area contributed by atoms with Crippen LogP contribution in [0.2, 0.25) is 0 Å². The van der Waals surface area contributed by atoms with Gasteiger partial charge in [0.15, 0.2) is 11.5 Å². The predicted octanol–water partition coefficient (Wildman–Crippen LogP) is 5.01. The zero-order chi connectivity index (χ0) is 26.3. The highest BCUT2D eigenvalue weighted by atomic mass is 16.5. The monoisotopic (exact) mass is 512 g/mol. The van der Waals surface area contributed by atoms with Crippen LogP contribution in [0.5, 0.6) is 11.5 Å². The summed E-state index contributed by atoms with van der Waals surface area (Å²) in [7, 11) is 1.59. The molecule has 6 nitrogen and oxygen atoms in total. The molecule has 0 spiro atoms. The number of nitrogens with zero attached hydrogens (tertiary/aromatic N) is 2. The van der Waals surface area contributed by atoms with Crippen molar-refractivity contribution in [3.8, 4) is 11.5 Å². The lowest BCUT2D eigenvalue weighted by atomic mass is 9.97. The number of carbonyl (C=O) groups is 1. The zero-order valence-electron chi connectivity index (χ0n) is 22.0. The van der Waals surface area contributed by atoms with E-state index in [-0.39, 0.29) is 12.5 Å². The first-order valence-electron chi connectivity index (χ1n) is 13.5. The minimum absolute atomic E-state index is 0.0116. The van der Waals surface area contributed by atoms with Crippen molar-refractivity contribution in [3.05, 3.63) is 83.9 Å². The summed E-state index contributed by atoms with van der Waals surface area (Å²) in [6, 6.07) is 20.7. The van der Waals surface area contributed by atoms with E-state index in [4.69, 9.17) is 9.47 Å². The first-order valence-corrected chi connectivity index (χ1v) is 13.5. The molecule has 1 unspecified atom stereocenters. The van der Waals surface area contributed by atoms with E-state index >= 15 is 0 Å². The van der Waals surface area contributed by atoms with Gasteiger partial charge in [-0.3, -0.25) is 9.69 Å². The number of fused-ring (bicyclic) bond motifs is 1. The van der Waals surface area contributed by atoms with Gasteiger partial charge in [0.2, 0.25) is 5.91 Å². The average Bonchev–Trinajstić information content (AvgIpc) is 3.50. The Labute approximate surface area is 224 Å². The van der Waals surface area contributed by atoms with Gasteiger partial charge in [-0.15, -0.1) is 0 Å². The van der Waals surface area contributed by atoms with Crippen LogP contribution < -0.4 is 9.47 Å². The van der Waals surface area contributed by atoms with Crippen molar-refractivity contribution in [1.29, 1.82) is 0 Å². The molecule has 1 atom stereocenters. The van der Waals surface area contributed by atoms with Crippen molar-refractivity contribution < 1.29 is 19.4 Å². The van der Waals surface area contributed by atoms with Crippen LogP contribution in [0.3, 0.4) is 0 Å². The van der Waals surface area contributed by atoms with E-state index < -0.39 is 6.10 Å². The van der Waals surface area contributed by atoms with Gasteiger partial charge in [0, 0.05) is 44.4 Å². The van der Waals surface area contributed by atoms with E-state index in [0.29, 0.717) is 18.0 Å². The molecule has 0 aliphatic carbocycles. The standard InChI is InChI=1S/C32H36N2O4/c1-37-30-10-6-9-26(13-14-31(36)34-17-4-5-18-34)32(30)38-23-29(35)22-33-19-15-25(16-20-33)28-12-11-24-7-2-3-8-27(24)21-28/h2-3,6-15,21,29,35H,4-5,16-20,22-23H2,1H3. The fourth-order valence-corrected chi connectivity index (χ4v) is 5.24. The molecule has 1 saturated heterocycles. The Morgan fingerprint density at radius 2 is 1.84 bits per heavy atom. The summed E-state index contributed by atoms with van der Waals surface area (Å²) >= 11 is 0. The molecule has 0 aromatic heterocycles. The summed E-state index contributed by atoms with van der Waals surface area (Å²) in [5, 5.41) is 13.3. The van der Waals surface area contributed by atoms with Gasteiger partial charge in [-0.1, -0.05) is 54.6 Å². The highest BCUT2D eigenvalue weighted by Crippen LogP contribution is 2.32. The largest absolute Gasteiger partial charge is 0.493 e. The van der Waals surface area contributed by atoms with Crippen LogP contribution in [-0.4, -0.2) is 73.4 Å². The van der Waals surface area contributed by atoms with E-state index in [1.807, 2.05) is 23.1 Å². The Morgan fingerprint density at radius 3 is 2.61 bits per heavy atom.